The van der Waals surface area contributed by atoms with Crippen LogP contribution in [0.2, 0.25) is 0 Å². The zero-order chi connectivity index (χ0) is 11.5. The maximum atomic E-state index is 11.7. The van der Waals surface area contributed by atoms with E-state index in [2.05, 4.69) is 20.5 Å². The number of anilines is 2. The molecule has 0 bridgehead atoms. The summed E-state index contributed by atoms with van der Waals surface area (Å²) in [6, 6.07) is 3.05. The van der Waals surface area contributed by atoms with Gasteiger partial charge in [-0.15, -0.1) is 5.10 Å². The Hall–Kier alpha value is -2.44. The summed E-state index contributed by atoms with van der Waals surface area (Å²) in [7, 11) is 0. The zero-order valence-corrected chi connectivity index (χ0v) is 8.47. The van der Waals surface area contributed by atoms with E-state index in [0.29, 0.717) is 11.5 Å². The summed E-state index contributed by atoms with van der Waals surface area (Å²) in [6.45, 7) is 1.63. The number of carbonyl (C=O) groups excluding carboxylic acids is 1. The van der Waals surface area contributed by atoms with Crippen LogP contribution in [0.1, 0.15) is 16.2 Å². The molecular weight excluding hydrogens is 210 g/mol. The fourth-order valence-electron chi connectivity index (χ4n) is 1.11. The van der Waals surface area contributed by atoms with Gasteiger partial charge in [0.2, 0.25) is 5.89 Å². The van der Waals surface area contributed by atoms with E-state index in [0.717, 1.165) is 0 Å². The normalized spacial score (nSPS) is 10.1. The number of aromatic nitrogens is 3. The van der Waals surface area contributed by atoms with Gasteiger partial charge in [-0.25, -0.2) is 4.98 Å². The standard InChI is InChI=1S/C9H9N5O2/c1-5-13-14-9(16-5)12-8(15)6-2-3-11-7(10)4-6/h2-4H,1H3,(H2,10,11)(H,12,14,15). The van der Waals surface area contributed by atoms with Gasteiger partial charge in [-0.2, -0.15) is 0 Å². The highest BCUT2D eigenvalue weighted by Crippen LogP contribution is 2.08. The first-order valence-corrected chi connectivity index (χ1v) is 4.48. The fourth-order valence-corrected chi connectivity index (χ4v) is 1.11. The Morgan fingerprint density at radius 3 is 2.94 bits per heavy atom. The number of amides is 1. The van der Waals surface area contributed by atoms with E-state index in [9.17, 15) is 4.79 Å². The largest absolute Gasteiger partial charge is 0.408 e. The fraction of sp³-hybridized carbons (Fsp3) is 0.111. The van der Waals surface area contributed by atoms with E-state index in [1.54, 1.807) is 6.92 Å². The lowest BCUT2D eigenvalue weighted by Gasteiger charge is -2.00. The predicted molar refractivity (Wildman–Crippen MR) is 55.6 cm³/mol. The van der Waals surface area contributed by atoms with Crippen molar-refractivity contribution in [3.8, 4) is 0 Å². The van der Waals surface area contributed by atoms with Crippen molar-refractivity contribution in [2.45, 2.75) is 6.92 Å². The number of nitrogen functional groups attached to an aromatic ring is 1. The quantitative estimate of drug-likeness (QED) is 0.766. The molecule has 7 nitrogen and oxygen atoms in total. The van der Waals surface area contributed by atoms with Crippen LogP contribution in [-0.4, -0.2) is 21.1 Å². The maximum Gasteiger partial charge on any atom is 0.322 e. The van der Waals surface area contributed by atoms with Gasteiger partial charge in [0.05, 0.1) is 0 Å². The monoisotopic (exact) mass is 219 g/mol. The second kappa shape index (κ2) is 3.97. The molecule has 0 fully saturated rings. The number of hydrogen-bond donors (Lipinski definition) is 2. The highest BCUT2D eigenvalue weighted by Gasteiger charge is 2.10. The number of hydrogen-bond acceptors (Lipinski definition) is 6. The molecule has 0 aliphatic heterocycles. The number of nitrogens with zero attached hydrogens (tertiary/aromatic N) is 3. The predicted octanol–water partition coefficient (Wildman–Crippen LogP) is 0.608. The molecule has 0 aliphatic carbocycles. The van der Waals surface area contributed by atoms with Gasteiger partial charge in [0.25, 0.3) is 5.91 Å². The van der Waals surface area contributed by atoms with E-state index < -0.39 is 0 Å². The minimum atomic E-state index is -0.377. The van der Waals surface area contributed by atoms with E-state index in [1.165, 1.54) is 18.3 Å². The van der Waals surface area contributed by atoms with Crippen molar-refractivity contribution in [2.24, 2.45) is 0 Å². The summed E-state index contributed by atoms with van der Waals surface area (Å²) in [6.07, 6.45) is 1.45. The summed E-state index contributed by atoms with van der Waals surface area (Å²) in [5.41, 5.74) is 5.83. The summed E-state index contributed by atoms with van der Waals surface area (Å²) in [4.78, 5) is 15.4. The Labute approximate surface area is 90.7 Å². The molecule has 0 saturated carbocycles. The van der Waals surface area contributed by atoms with Crippen molar-refractivity contribution in [3.63, 3.8) is 0 Å². The Morgan fingerprint density at radius 1 is 1.50 bits per heavy atom. The average Bonchev–Trinajstić information content (AvgIpc) is 2.64. The van der Waals surface area contributed by atoms with E-state index in [1.807, 2.05) is 0 Å². The number of pyridine rings is 1. The lowest BCUT2D eigenvalue weighted by molar-refractivity contribution is 0.102. The maximum absolute atomic E-state index is 11.7. The second-order valence-corrected chi connectivity index (χ2v) is 3.05. The van der Waals surface area contributed by atoms with Gasteiger partial charge in [0, 0.05) is 18.7 Å². The minimum Gasteiger partial charge on any atom is -0.408 e. The summed E-state index contributed by atoms with van der Waals surface area (Å²) >= 11 is 0. The highest BCUT2D eigenvalue weighted by molar-refractivity contribution is 6.03. The summed E-state index contributed by atoms with van der Waals surface area (Å²) < 4.78 is 5.00. The first-order valence-electron chi connectivity index (χ1n) is 4.48. The van der Waals surface area contributed by atoms with Crippen LogP contribution in [0.3, 0.4) is 0 Å². The van der Waals surface area contributed by atoms with Crippen molar-refractivity contribution < 1.29 is 9.21 Å². The lowest BCUT2D eigenvalue weighted by Crippen LogP contribution is -2.12. The highest BCUT2D eigenvalue weighted by atomic mass is 16.4. The number of nitrogens with one attached hydrogen (secondary N) is 1. The van der Waals surface area contributed by atoms with Gasteiger partial charge in [0.15, 0.2) is 0 Å². The van der Waals surface area contributed by atoms with Crippen LogP contribution in [0.5, 0.6) is 0 Å². The summed E-state index contributed by atoms with van der Waals surface area (Å²) in [5, 5.41) is 9.66. The van der Waals surface area contributed by atoms with E-state index in [-0.39, 0.29) is 17.7 Å². The molecule has 3 N–H and O–H groups in total. The summed E-state index contributed by atoms with van der Waals surface area (Å²) in [5.74, 6) is 0.275. The van der Waals surface area contributed by atoms with E-state index in [4.69, 9.17) is 10.2 Å². The molecule has 1 amide bonds. The van der Waals surface area contributed by atoms with Crippen LogP contribution in [0.25, 0.3) is 0 Å². The van der Waals surface area contributed by atoms with Crippen molar-refractivity contribution >= 4 is 17.7 Å². The van der Waals surface area contributed by atoms with Crippen molar-refractivity contribution in [1.29, 1.82) is 0 Å². The van der Waals surface area contributed by atoms with Crippen molar-refractivity contribution in [2.75, 3.05) is 11.1 Å². The molecular formula is C9H9N5O2. The van der Waals surface area contributed by atoms with Gasteiger partial charge in [-0.05, 0) is 12.1 Å². The third-order valence-corrected chi connectivity index (χ3v) is 1.79. The molecule has 0 saturated heterocycles. The molecule has 0 unspecified atom stereocenters. The molecule has 0 atom stereocenters. The molecule has 82 valence electrons. The molecule has 0 radical (unpaired) electrons. The van der Waals surface area contributed by atoms with Crippen LogP contribution >= 0.6 is 0 Å². The van der Waals surface area contributed by atoms with Crippen LogP contribution in [0, 0.1) is 6.92 Å². The molecule has 2 aromatic rings. The molecule has 16 heavy (non-hydrogen) atoms. The number of nitrogens with two attached hydrogens (primary N) is 1. The van der Waals surface area contributed by atoms with Gasteiger partial charge in [-0.1, -0.05) is 5.10 Å². The van der Waals surface area contributed by atoms with Gasteiger partial charge >= 0.3 is 6.01 Å². The van der Waals surface area contributed by atoms with Crippen LogP contribution in [0.15, 0.2) is 22.7 Å². The number of aryl methyl sites for hydroxylation is 1. The SMILES string of the molecule is Cc1nnc(NC(=O)c2ccnc(N)c2)o1. The van der Waals surface area contributed by atoms with Gasteiger partial charge < -0.3 is 10.2 Å². The van der Waals surface area contributed by atoms with Gasteiger partial charge in [0.1, 0.15) is 5.82 Å². The van der Waals surface area contributed by atoms with Crippen molar-refractivity contribution in [3.05, 3.63) is 29.8 Å². The molecule has 7 heteroatoms. The molecule has 0 aliphatic rings. The zero-order valence-electron chi connectivity index (χ0n) is 8.47. The third kappa shape index (κ3) is 2.14. The van der Waals surface area contributed by atoms with Crippen LogP contribution in [-0.2, 0) is 0 Å². The van der Waals surface area contributed by atoms with E-state index >= 15 is 0 Å². The number of carbonyl (C=O) groups is 1. The molecule has 2 rings (SSSR count). The first-order chi connectivity index (χ1) is 7.65. The van der Waals surface area contributed by atoms with Gasteiger partial charge in [-0.3, -0.25) is 10.1 Å². The lowest BCUT2D eigenvalue weighted by atomic mass is 10.2. The average molecular weight is 219 g/mol. The van der Waals surface area contributed by atoms with Crippen molar-refractivity contribution in [1.82, 2.24) is 15.2 Å². The number of rotatable bonds is 2. The topological polar surface area (TPSA) is 107 Å². The Balaban J connectivity index is 2.14. The van der Waals surface area contributed by atoms with Crippen LogP contribution in [0.4, 0.5) is 11.8 Å². The smallest absolute Gasteiger partial charge is 0.322 e. The molecule has 0 spiro atoms. The molecule has 2 heterocycles. The Kier molecular flexibility index (Phi) is 2.50. The molecule has 0 aromatic carbocycles. The Morgan fingerprint density at radius 2 is 2.31 bits per heavy atom. The minimum absolute atomic E-state index is 0.0536. The Bertz CT molecular complexity index is 522. The second-order valence-electron chi connectivity index (χ2n) is 3.05. The third-order valence-electron chi connectivity index (χ3n) is 1.79. The molecule has 2 aromatic heterocycles. The van der Waals surface area contributed by atoms with Crippen LogP contribution < -0.4 is 11.1 Å². The first kappa shape index (κ1) is 10.1.